The molecular weight excluding hydrogens is 380 g/mol. The van der Waals surface area contributed by atoms with Crippen LogP contribution in [0, 0.1) is 0 Å². The van der Waals surface area contributed by atoms with E-state index in [9.17, 15) is 30.0 Å². The van der Waals surface area contributed by atoms with Gasteiger partial charge in [-0.25, -0.2) is 0 Å². The molecule has 0 radical (unpaired) electrons. The van der Waals surface area contributed by atoms with E-state index in [1.54, 1.807) is 6.92 Å². The van der Waals surface area contributed by atoms with E-state index in [2.05, 4.69) is 0 Å². The van der Waals surface area contributed by atoms with Gasteiger partial charge in [0.1, 0.15) is 28.2 Å². The number of hydrogen-bond donors (Lipinski definition) is 4. The van der Waals surface area contributed by atoms with Crippen LogP contribution in [0.5, 0.6) is 23.0 Å². The first kappa shape index (κ1) is 17.2. The highest BCUT2D eigenvalue weighted by atomic mass is 16.5. The summed E-state index contributed by atoms with van der Waals surface area (Å²) in [5, 5.41) is 39.8. The zero-order valence-corrected chi connectivity index (χ0v) is 15.0. The van der Waals surface area contributed by atoms with E-state index in [-0.39, 0.29) is 51.1 Å². The highest BCUT2D eigenvalue weighted by molar-refractivity contribution is 6.04. The lowest BCUT2D eigenvalue weighted by molar-refractivity contribution is -0.122. The van der Waals surface area contributed by atoms with Gasteiger partial charge in [-0.3, -0.25) is 9.59 Å². The van der Waals surface area contributed by atoms with Gasteiger partial charge in [0.25, 0.3) is 0 Å². The third-order valence-electron chi connectivity index (χ3n) is 5.45. The zero-order valence-electron chi connectivity index (χ0n) is 15.0. The van der Waals surface area contributed by atoms with Crippen LogP contribution in [0.15, 0.2) is 50.9 Å². The molecule has 0 spiro atoms. The second-order valence-corrected chi connectivity index (χ2v) is 7.10. The van der Waals surface area contributed by atoms with Crippen LogP contribution in [0.25, 0.3) is 22.3 Å². The normalized spacial score (nSPS) is 20.1. The molecule has 2 aromatic carbocycles. The fourth-order valence-electron chi connectivity index (χ4n) is 3.99. The number of rotatable bonds is 1. The highest BCUT2D eigenvalue weighted by Crippen LogP contribution is 2.53. The number of aromatic hydroxyl groups is 3. The number of Topliss-reactive ketones (excluding diaryl/α,β-unsaturated/α-hetero) is 1. The minimum Gasteiger partial charge on any atom is -0.507 e. The molecular formula is C21H14O8. The van der Waals surface area contributed by atoms with Crippen LogP contribution >= 0.6 is 0 Å². The first-order valence-electron chi connectivity index (χ1n) is 8.74. The molecule has 29 heavy (non-hydrogen) atoms. The van der Waals surface area contributed by atoms with Crippen molar-refractivity contribution >= 4 is 16.8 Å². The molecule has 8 nitrogen and oxygen atoms in total. The maximum absolute atomic E-state index is 12.7. The van der Waals surface area contributed by atoms with Crippen molar-refractivity contribution < 1.29 is 34.4 Å². The SMILES string of the molecule is CC1=C(O)C(=O)C2Oc3cc4oc(-c5ccc(O)c(O)c5)cc(=O)c4c(O)c3C12. The fraction of sp³-hybridized carbons (Fsp3) is 0.143. The van der Waals surface area contributed by atoms with Gasteiger partial charge < -0.3 is 29.6 Å². The lowest BCUT2D eigenvalue weighted by Crippen LogP contribution is -2.24. The molecule has 0 amide bonds. The summed E-state index contributed by atoms with van der Waals surface area (Å²) in [4.78, 5) is 24.9. The molecule has 0 saturated carbocycles. The van der Waals surface area contributed by atoms with Gasteiger partial charge in [0.05, 0.1) is 5.92 Å². The van der Waals surface area contributed by atoms with Crippen LogP contribution in [0.1, 0.15) is 18.4 Å². The largest absolute Gasteiger partial charge is 0.507 e. The smallest absolute Gasteiger partial charge is 0.238 e. The Morgan fingerprint density at radius 1 is 0.966 bits per heavy atom. The van der Waals surface area contributed by atoms with Crippen LogP contribution in [0.2, 0.25) is 0 Å². The number of fused-ring (bicyclic) bond motifs is 4. The monoisotopic (exact) mass is 394 g/mol. The molecule has 0 saturated heterocycles. The first-order chi connectivity index (χ1) is 13.8. The minimum absolute atomic E-state index is 0.0367. The molecule has 2 heterocycles. The molecule has 8 heteroatoms. The summed E-state index contributed by atoms with van der Waals surface area (Å²) in [5.41, 5.74) is 0.479. The second kappa shape index (κ2) is 5.54. The van der Waals surface area contributed by atoms with Gasteiger partial charge in [0.15, 0.2) is 28.8 Å². The standard InChI is InChI=1S/C21H14O8/c1-7-15-17-14(29-21(15)20(27)18(7)25)6-13-16(19(17)26)11(24)5-12(28-13)8-2-3-9(22)10(23)4-8/h2-6,15,21-23,25-26H,1H3. The number of ether oxygens (including phenoxy) is 1. The van der Waals surface area contributed by atoms with Crippen molar-refractivity contribution in [3.63, 3.8) is 0 Å². The number of aliphatic hydroxyl groups is 1. The predicted octanol–water partition coefficient (Wildman–Crippen LogP) is 2.84. The summed E-state index contributed by atoms with van der Waals surface area (Å²) in [5.74, 6) is -2.39. The van der Waals surface area contributed by atoms with Crippen LogP contribution < -0.4 is 10.2 Å². The van der Waals surface area contributed by atoms with E-state index in [1.807, 2.05) is 0 Å². The number of phenols is 3. The number of hydrogen-bond acceptors (Lipinski definition) is 8. The second-order valence-electron chi connectivity index (χ2n) is 7.10. The molecule has 0 fully saturated rings. The van der Waals surface area contributed by atoms with Crippen molar-refractivity contribution in [3.8, 4) is 34.3 Å². The van der Waals surface area contributed by atoms with Gasteiger partial charge in [-0.15, -0.1) is 0 Å². The van der Waals surface area contributed by atoms with Gasteiger partial charge in [0.2, 0.25) is 5.78 Å². The summed E-state index contributed by atoms with van der Waals surface area (Å²) in [6.45, 7) is 1.57. The van der Waals surface area contributed by atoms with Crippen molar-refractivity contribution in [2.75, 3.05) is 0 Å². The zero-order chi connectivity index (χ0) is 20.6. The quantitative estimate of drug-likeness (QED) is 0.462. The molecule has 1 aliphatic carbocycles. The molecule has 1 aromatic heterocycles. The lowest BCUT2D eigenvalue weighted by atomic mass is 9.91. The van der Waals surface area contributed by atoms with E-state index >= 15 is 0 Å². The van der Waals surface area contributed by atoms with Crippen LogP contribution in [0.3, 0.4) is 0 Å². The van der Waals surface area contributed by atoms with Gasteiger partial charge in [-0.1, -0.05) is 0 Å². The molecule has 5 rings (SSSR count). The van der Waals surface area contributed by atoms with Crippen molar-refractivity contribution in [1.82, 2.24) is 0 Å². The average molecular weight is 394 g/mol. The number of phenolic OH excluding ortho intramolecular Hbond substituents is 3. The molecule has 2 aliphatic rings. The minimum atomic E-state index is -0.990. The van der Waals surface area contributed by atoms with Gasteiger partial charge >= 0.3 is 0 Å². The Labute approximate surface area is 162 Å². The first-order valence-corrected chi connectivity index (χ1v) is 8.74. The van der Waals surface area contributed by atoms with E-state index in [4.69, 9.17) is 9.15 Å². The Balaban J connectivity index is 1.74. The molecule has 1 aliphatic heterocycles. The van der Waals surface area contributed by atoms with Gasteiger partial charge in [0, 0.05) is 23.3 Å². The van der Waals surface area contributed by atoms with Crippen LogP contribution in [-0.2, 0) is 4.79 Å². The number of benzene rings is 2. The summed E-state index contributed by atoms with van der Waals surface area (Å²) in [6.07, 6.45) is -0.990. The van der Waals surface area contributed by atoms with Crippen molar-refractivity contribution in [2.45, 2.75) is 18.9 Å². The Morgan fingerprint density at radius 3 is 2.45 bits per heavy atom. The fourth-order valence-corrected chi connectivity index (χ4v) is 3.99. The maximum atomic E-state index is 12.7. The van der Waals surface area contributed by atoms with Crippen molar-refractivity contribution in [1.29, 1.82) is 0 Å². The average Bonchev–Trinajstić information content (AvgIpc) is 3.15. The third-order valence-corrected chi connectivity index (χ3v) is 5.45. The Hall–Kier alpha value is -3.94. The summed E-state index contributed by atoms with van der Waals surface area (Å²) in [7, 11) is 0. The van der Waals surface area contributed by atoms with E-state index < -0.39 is 23.2 Å². The summed E-state index contributed by atoms with van der Waals surface area (Å²) < 4.78 is 11.4. The third kappa shape index (κ3) is 2.19. The van der Waals surface area contributed by atoms with Crippen LogP contribution in [0.4, 0.5) is 0 Å². The molecule has 0 bridgehead atoms. The van der Waals surface area contributed by atoms with E-state index in [0.717, 1.165) is 6.07 Å². The van der Waals surface area contributed by atoms with E-state index in [0.29, 0.717) is 11.1 Å². The Bertz CT molecular complexity index is 1330. The van der Waals surface area contributed by atoms with Crippen molar-refractivity contribution in [3.05, 3.63) is 57.5 Å². The molecule has 146 valence electrons. The highest BCUT2D eigenvalue weighted by Gasteiger charge is 2.50. The number of carbonyl (C=O) groups is 1. The predicted molar refractivity (Wildman–Crippen MR) is 100 cm³/mol. The number of aliphatic hydroxyl groups excluding tert-OH is 1. The topological polar surface area (TPSA) is 137 Å². The van der Waals surface area contributed by atoms with Crippen LogP contribution in [-0.4, -0.2) is 32.3 Å². The summed E-state index contributed by atoms with van der Waals surface area (Å²) >= 11 is 0. The number of carbonyl (C=O) groups excluding carboxylic acids is 1. The molecule has 2 atom stereocenters. The Kier molecular flexibility index (Phi) is 3.28. The number of ketones is 1. The van der Waals surface area contributed by atoms with Gasteiger partial charge in [-0.2, -0.15) is 0 Å². The molecule has 4 N–H and O–H groups in total. The van der Waals surface area contributed by atoms with E-state index in [1.165, 1.54) is 24.3 Å². The van der Waals surface area contributed by atoms with Gasteiger partial charge in [-0.05, 0) is 30.7 Å². The van der Waals surface area contributed by atoms with Crippen molar-refractivity contribution in [2.24, 2.45) is 0 Å². The summed E-state index contributed by atoms with van der Waals surface area (Å²) in [6, 6.07) is 6.54. The Morgan fingerprint density at radius 2 is 1.72 bits per heavy atom. The molecule has 3 aromatic rings. The lowest BCUT2D eigenvalue weighted by Gasteiger charge is -2.11. The molecule has 2 unspecified atom stereocenters. The maximum Gasteiger partial charge on any atom is 0.238 e.